The summed E-state index contributed by atoms with van der Waals surface area (Å²) in [5.74, 6) is 0. The maximum atomic E-state index is 11.7. The van der Waals surface area contributed by atoms with Gasteiger partial charge in [0.25, 0.3) is 0 Å². The van der Waals surface area contributed by atoms with Crippen LogP contribution in [0.4, 0.5) is 4.79 Å². The average molecular weight is 306 g/mol. The molecule has 2 aliphatic rings. The van der Waals surface area contributed by atoms with E-state index < -0.39 is 0 Å². The molecule has 2 heterocycles. The molecule has 1 aliphatic carbocycles. The molecule has 0 spiro atoms. The Morgan fingerprint density at radius 1 is 1.18 bits per heavy atom. The molecule has 0 N–H and O–H groups in total. The summed E-state index contributed by atoms with van der Waals surface area (Å²) in [6.45, 7) is 6.53. The van der Waals surface area contributed by atoms with Crippen LogP contribution in [0.25, 0.3) is 0 Å². The average Bonchev–Trinajstić information content (AvgIpc) is 2.84. The minimum Gasteiger partial charge on any atom is -0.450 e. The van der Waals surface area contributed by atoms with Crippen molar-refractivity contribution in [3.63, 3.8) is 0 Å². The highest BCUT2D eigenvalue weighted by molar-refractivity contribution is 5.67. The topological polar surface area (TPSA) is 50.6 Å². The molecule has 122 valence electrons. The van der Waals surface area contributed by atoms with E-state index >= 15 is 0 Å². The van der Waals surface area contributed by atoms with Gasteiger partial charge in [0.2, 0.25) is 0 Å². The molecule has 6 nitrogen and oxygen atoms in total. The number of ether oxygens (including phenoxy) is 1. The van der Waals surface area contributed by atoms with E-state index in [-0.39, 0.29) is 6.09 Å². The zero-order valence-electron chi connectivity index (χ0n) is 13.7. The van der Waals surface area contributed by atoms with Crippen molar-refractivity contribution >= 4 is 6.09 Å². The second-order valence-electron chi connectivity index (χ2n) is 6.16. The standard InChI is InChI=1S/C16H26N4O2/c1-3-22-16(21)20-10-8-19(9-11-20)12-15-13-6-4-5-7-14(13)17-18(15)2/h3-12H2,1-2H3. The van der Waals surface area contributed by atoms with Crippen LogP contribution < -0.4 is 0 Å². The molecule has 0 saturated carbocycles. The van der Waals surface area contributed by atoms with E-state index in [4.69, 9.17) is 4.74 Å². The van der Waals surface area contributed by atoms with Crippen LogP contribution in [0.2, 0.25) is 0 Å². The highest BCUT2D eigenvalue weighted by Crippen LogP contribution is 2.24. The number of hydrogen-bond donors (Lipinski definition) is 0. The minimum absolute atomic E-state index is 0.180. The molecule has 0 bridgehead atoms. The first-order valence-electron chi connectivity index (χ1n) is 8.36. The summed E-state index contributed by atoms with van der Waals surface area (Å²) in [5, 5.41) is 4.69. The van der Waals surface area contributed by atoms with Gasteiger partial charge in [-0.2, -0.15) is 5.10 Å². The number of hydrogen-bond acceptors (Lipinski definition) is 4. The van der Waals surface area contributed by atoms with E-state index in [1.807, 2.05) is 6.92 Å². The highest BCUT2D eigenvalue weighted by atomic mass is 16.6. The summed E-state index contributed by atoms with van der Waals surface area (Å²) in [6, 6.07) is 0. The number of fused-ring (bicyclic) bond motifs is 1. The van der Waals surface area contributed by atoms with Crippen LogP contribution in [-0.4, -0.2) is 58.5 Å². The van der Waals surface area contributed by atoms with Gasteiger partial charge in [-0.15, -0.1) is 0 Å². The van der Waals surface area contributed by atoms with Gasteiger partial charge >= 0.3 is 6.09 Å². The van der Waals surface area contributed by atoms with Crippen molar-refractivity contribution in [1.82, 2.24) is 19.6 Å². The molecule has 1 aromatic heterocycles. The van der Waals surface area contributed by atoms with Gasteiger partial charge < -0.3 is 9.64 Å². The Kier molecular flexibility index (Phi) is 4.66. The molecule has 22 heavy (non-hydrogen) atoms. The second kappa shape index (κ2) is 6.69. The van der Waals surface area contributed by atoms with Crippen molar-refractivity contribution in [3.8, 4) is 0 Å². The fourth-order valence-corrected chi connectivity index (χ4v) is 3.46. The number of aryl methyl sites for hydroxylation is 2. The molecule has 1 aliphatic heterocycles. The SMILES string of the molecule is CCOC(=O)N1CCN(Cc2c3c(nn2C)CCCC3)CC1. The van der Waals surface area contributed by atoms with E-state index in [1.54, 1.807) is 4.90 Å². The second-order valence-corrected chi connectivity index (χ2v) is 6.16. The van der Waals surface area contributed by atoms with E-state index in [1.165, 1.54) is 36.2 Å². The number of carbonyl (C=O) groups excluding carboxylic acids is 1. The van der Waals surface area contributed by atoms with Crippen molar-refractivity contribution in [2.24, 2.45) is 7.05 Å². The molecule has 0 atom stereocenters. The molecule has 3 rings (SSSR count). The number of nitrogens with zero attached hydrogens (tertiary/aromatic N) is 4. The molecule has 0 radical (unpaired) electrons. The quantitative estimate of drug-likeness (QED) is 0.850. The predicted octanol–water partition coefficient (Wildman–Crippen LogP) is 1.57. The molecule has 6 heteroatoms. The van der Waals surface area contributed by atoms with Crippen LogP contribution in [0.5, 0.6) is 0 Å². The molecular formula is C16H26N4O2. The Bertz CT molecular complexity index is 532. The third-order valence-electron chi connectivity index (χ3n) is 4.72. The Morgan fingerprint density at radius 2 is 1.91 bits per heavy atom. The number of rotatable bonds is 3. The summed E-state index contributed by atoms with van der Waals surface area (Å²) in [7, 11) is 2.06. The van der Waals surface area contributed by atoms with Crippen molar-refractivity contribution in [3.05, 3.63) is 17.0 Å². The molecule has 1 aromatic rings. The largest absolute Gasteiger partial charge is 0.450 e. The van der Waals surface area contributed by atoms with Crippen LogP contribution in [0.3, 0.4) is 0 Å². The normalized spacial score (nSPS) is 19.1. The van der Waals surface area contributed by atoms with E-state index in [0.717, 1.165) is 39.1 Å². The highest BCUT2D eigenvalue weighted by Gasteiger charge is 2.25. The molecular weight excluding hydrogens is 280 g/mol. The lowest BCUT2D eigenvalue weighted by atomic mass is 9.95. The Balaban J connectivity index is 1.59. The van der Waals surface area contributed by atoms with Crippen LogP contribution >= 0.6 is 0 Å². The minimum atomic E-state index is -0.180. The van der Waals surface area contributed by atoms with Gasteiger partial charge in [0.05, 0.1) is 18.0 Å². The molecule has 1 amide bonds. The first-order valence-corrected chi connectivity index (χ1v) is 8.36. The summed E-state index contributed by atoms with van der Waals surface area (Å²) in [5.41, 5.74) is 4.13. The lowest BCUT2D eigenvalue weighted by Gasteiger charge is -2.34. The number of carbonyl (C=O) groups is 1. The smallest absolute Gasteiger partial charge is 0.409 e. The third kappa shape index (κ3) is 3.11. The fourth-order valence-electron chi connectivity index (χ4n) is 3.46. The Morgan fingerprint density at radius 3 is 2.64 bits per heavy atom. The maximum absolute atomic E-state index is 11.7. The molecule has 1 saturated heterocycles. The van der Waals surface area contributed by atoms with Gasteiger partial charge in [-0.25, -0.2) is 4.79 Å². The maximum Gasteiger partial charge on any atom is 0.409 e. The van der Waals surface area contributed by atoms with Crippen molar-refractivity contribution < 1.29 is 9.53 Å². The third-order valence-corrected chi connectivity index (χ3v) is 4.72. The molecule has 1 fully saturated rings. The van der Waals surface area contributed by atoms with Crippen molar-refractivity contribution in [1.29, 1.82) is 0 Å². The summed E-state index contributed by atoms with van der Waals surface area (Å²) >= 11 is 0. The first kappa shape index (κ1) is 15.3. The zero-order chi connectivity index (χ0) is 15.5. The van der Waals surface area contributed by atoms with Crippen molar-refractivity contribution in [2.45, 2.75) is 39.2 Å². The van der Waals surface area contributed by atoms with E-state index in [0.29, 0.717) is 6.61 Å². The molecule has 0 aromatic carbocycles. The van der Waals surface area contributed by atoms with E-state index in [9.17, 15) is 4.79 Å². The monoisotopic (exact) mass is 306 g/mol. The first-order chi connectivity index (χ1) is 10.7. The summed E-state index contributed by atoms with van der Waals surface area (Å²) < 4.78 is 7.13. The van der Waals surface area contributed by atoms with Crippen molar-refractivity contribution in [2.75, 3.05) is 32.8 Å². The van der Waals surface area contributed by atoms with Gasteiger partial charge in [0.15, 0.2) is 0 Å². The van der Waals surface area contributed by atoms with Crippen LogP contribution in [0.1, 0.15) is 36.7 Å². The lowest BCUT2D eigenvalue weighted by molar-refractivity contribution is 0.0771. The molecule has 0 unspecified atom stereocenters. The number of amides is 1. The van der Waals surface area contributed by atoms with E-state index in [2.05, 4.69) is 21.7 Å². The van der Waals surface area contributed by atoms with Crippen LogP contribution in [0.15, 0.2) is 0 Å². The van der Waals surface area contributed by atoms with Gasteiger partial charge in [0, 0.05) is 39.8 Å². The van der Waals surface area contributed by atoms with Gasteiger partial charge in [0.1, 0.15) is 0 Å². The fraction of sp³-hybridized carbons (Fsp3) is 0.750. The van der Waals surface area contributed by atoms with Gasteiger partial charge in [-0.05, 0) is 38.2 Å². The number of piperazine rings is 1. The Labute approximate surface area is 132 Å². The Hall–Kier alpha value is -1.56. The van der Waals surface area contributed by atoms with Crippen LogP contribution in [-0.2, 0) is 31.2 Å². The van der Waals surface area contributed by atoms with Gasteiger partial charge in [-0.1, -0.05) is 0 Å². The lowest BCUT2D eigenvalue weighted by Crippen LogP contribution is -2.48. The predicted molar refractivity (Wildman–Crippen MR) is 83.7 cm³/mol. The summed E-state index contributed by atoms with van der Waals surface area (Å²) in [4.78, 5) is 16.0. The zero-order valence-corrected chi connectivity index (χ0v) is 13.7. The van der Waals surface area contributed by atoms with Gasteiger partial charge in [-0.3, -0.25) is 9.58 Å². The summed E-state index contributed by atoms with van der Waals surface area (Å²) in [6.07, 6.45) is 4.66. The van der Waals surface area contributed by atoms with Crippen LogP contribution in [0, 0.1) is 0 Å². The number of aromatic nitrogens is 2.